The molecule has 1 atom stereocenters. The van der Waals surface area contributed by atoms with Gasteiger partial charge in [0.15, 0.2) is 11.6 Å². The third-order valence-corrected chi connectivity index (χ3v) is 7.08. The average Bonchev–Trinajstić information content (AvgIpc) is 2.90. The summed E-state index contributed by atoms with van der Waals surface area (Å²) in [4.78, 5) is 34.9. The number of carboxylic acid groups (broad SMARTS) is 1. The molecule has 0 radical (unpaired) electrons. The Hall–Kier alpha value is -3.73. The van der Waals surface area contributed by atoms with Crippen molar-refractivity contribution in [1.29, 1.82) is 0 Å². The van der Waals surface area contributed by atoms with Crippen molar-refractivity contribution in [2.75, 3.05) is 0 Å². The summed E-state index contributed by atoms with van der Waals surface area (Å²) in [5, 5.41) is 8.82. The van der Waals surface area contributed by atoms with Gasteiger partial charge in [-0.15, -0.1) is 0 Å². The van der Waals surface area contributed by atoms with Crippen LogP contribution in [-0.4, -0.2) is 22.6 Å². The Labute approximate surface area is 232 Å². The number of carbonyl (C=O) groups is 3. The van der Waals surface area contributed by atoms with E-state index in [1.165, 1.54) is 6.42 Å². The minimum Gasteiger partial charge on any atom is -0.486 e. The number of ether oxygens (including phenoxy) is 1. The van der Waals surface area contributed by atoms with E-state index in [1.54, 1.807) is 6.92 Å². The summed E-state index contributed by atoms with van der Waals surface area (Å²) in [6.45, 7) is 7.93. The maximum atomic E-state index is 12.5. The molecular formula is C34H40O5. The number of hydrogen-bond donors (Lipinski definition) is 1. The molecule has 0 amide bonds. The van der Waals surface area contributed by atoms with Gasteiger partial charge in [0.2, 0.25) is 0 Å². The molecule has 0 fully saturated rings. The topological polar surface area (TPSA) is 80.7 Å². The average molecular weight is 529 g/mol. The van der Waals surface area contributed by atoms with Gasteiger partial charge >= 0.3 is 5.97 Å². The van der Waals surface area contributed by atoms with Crippen LogP contribution in [0, 0.1) is 13.8 Å². The van der Waals surface area contributed by atoms with E-state index in [0.29, 0.717) is 17.5 Å². The van der Waals surface area contributed by atoms with Crippen molar-refractivity contribution in [2.45, 2.75) is 85.2 Å². The van der Waals surface area contributed by atoms with E-state index in [0.717, 1.165) is 59.3 Å². The fourth-order valence-corrected chi connectivity index (χ4v) is 4.96. The second kappa shape index (κ2) is 14.4. The Morgan fingerprint density at radius 2 is 1.41 bits per heavy atom. The van der Waals surface area contributed by atoms with Gasteiger partial charge < -0.3 is 9.84 Å². The predicted molar refractivity (Wildman–Crippen MR) is 156 cm³/mol. The molecule has 3 aromatic rings. The van der Waals surface area contributed by atoms with Crippen molar-refractivity contribution in [2.24, 2.45) is 0 Å². The second-order valence-electron chi connectivity index (χ2n) is 10.3. The lowest BCUT2D eigenvalue weighted by Crippen LogP contribution is -2.09. The molecule has 0 bridgehead atoms. The Balaban J connectivity index is 1.80. The number of rotatable bonds is 15. The second-order valence-corrected chi connectivity index (χ2v) is 10.3. The number of unbranched alkanes of at least 4 members (excludes halogenated alkanes) is 3. The van der Waals surface area contributed by atoms with Crippen LogP contribution in [0.1, 0.15) is 109 Å². The van der Waals surface area contributed by atoms with Crippen LogP contribution in [0.2, 0.25) is 0 Å². The number of benzene rings is 3. The Morgan fingerprint density at radius 3 is 1.97 bits per heavy atom. The first kappa shape index (κ1) is 29.8. The Morgan fingerprint density at radius 1 is 0.795 bits per heavy atom. The van der Waals surface area contributed by atoms with Gasteiger partial charge in [-0.05, 0) is 80.0 Å². The highest BCUT2D eigenvalue weighted by Gasteiger charge is 2.17. The van der Waals surface area contributed by atoms with Crippen molar-refractivity contribution in [1.82, 2.24) is 0 Å². The number of ketones is 2. The highest BCUT2D eigenvalue weighted by Crippen LogP contribution is 2.34. The monoisotopic (exact) mass is 528 g/mol. The van der Waals surface area contributed by atoms with Gasteiger partial charge in [0.25, 0.3) is 0 Å². The molecule has 1 unspecified atom stereocenters. The molecule has 0 saturated heterocycles. The molecule has 5 heteroatoms. The van der Waals surface area contributed by atoms with Crippen LogP contribution in [0.3, 0.4) is 0 Å². The van der Waals surface area contributed by atoms with Crippen LogP contribution in [-0.2, 0) is 4.79 Å². The van der Waals surface area contributed by atoms with Crippen LogP contribution in [0.15, 0.2) is 60.7 Å². The molecule has 3 aromatic carbocycles. The summed E-state index contributed by atoms with van der Waals surface area (Å²) in [5.74, 6) is -0.0604. The molecule has 0 heterocycles. The third-order valence-electron chi connectivity index (χ3n) is 7.08. The van der Waals surface area contributed by atoms with Crippen LogP contribution in [0.5, 0.6) is 5.75 Å². The summed E-state index contributed by atoms with van der Waals surface area (Å²) in [6, 6.07) is 19.4. The zero-order valence-corrected chi connectivity index (χ0v) is 23.6. The maximum Gasteiger partial charge on any atom is 0.303 e. The van der Waals surface area contributed by atoms with E-state index in [2.05, 4.69) is 32.9 Å². The molecule has 0 aliphatic heterocycles. The molecule has 5 nitrogen and oxygen atoms in total. The number of Topliss-reactive ketones (excluding diaryl/α,β-unsaturated/α-hetero) is 2. The van der Waals surface area contributed by atoms with Crippen LogP contribution < -0.4 is 4.74 Å². The quantitative estimate of drug-likeness (QED) is 0.158. The number of aliphatic carboxylic acids is 1. The van der Waals surface area contributed by atoms with E-state index in [4.69, 9.17) is 9.84 Å². The van der Waals surface area contributed by atoms with Crippen molar-refractivity contribution in [3.8, 4) is 16.9 Å². The minimum absolute atomic E-state index is 0.00115. The fraction of sp³-hybridized carbons (Fsp3) is 0.382. The molecule has 0 aromatic heterocycles. The minimum atomic E-state index is -0.884. The molecule has 0 aliphatic carbocycles. The predicted octanol–water partition coefficient (Wildman–Crippen LogP) is 8.70. The summed E-state index contributed by atoms with van der Waals surface area (Å²) < 4.78 is 6.58. The molecule has 0 aliphatic rings. The van der Waals surface area contributed by atoms with Crippen LogP contribution >= 0.6 is 0 Å². The van der Waals surface area contributed by atoms with E-state index in [1.807, 2.05) is 48.5 Å². The molecule has 0 saturated carbocycles. The van der Waals surface area contributed by atoms with Gasteiger partial charge in [0.05, 0.1) is 0 Å². The van der Waals surface area contributed by atoms with Crippen LogP contribution in [0.4, 0.5) is 0 Å². The smallest absolute Gasteiger partial charge is 0.303 e. The lowest BCUT2D eigenvalue weighted by molar-refractivity contribution is -0.137. The van der Waals surface area contributed by atoms with Gasteiger partial charge in [0, 0.05) is 24.0 Å². The molecule has 39 heavy (non-hydrogen) atoms. The molecular weight excluding hydrogens is 488 g/mol. The highest BCUT2D eigenvalue weighted by atomic mass is 16.5. The van der Waals surface area contributed by atoms with E-state index < -0.39 is 5.97 Å². The first-order valence-corrected chi connectivity index (χ1v) is 13.9. The molecule has 206 valence electrons. The number of hydrogen-bond acceptors (Lipinski definition) is 4. The summed E-state index contributed by atoms with van der Waals surface area (Å²) in [5.41, 5.74) is 6.74. The first-order valence-electron chi connectivity index (χ1n) is 13.9. The molecule has 1 N–H and O–H groups in total. The van der Waals surface area contributed by atoms with Crippen LogP contribution in [0.25, 0.3) is 11.1 Å². The van der Waals surface area contributed by atoms with E-state index in [9.17, 15) is 14.4 Å². The Kier molecular flexibility index (Phi) is 11.0. The SMILES string of the molecule is CCCCCCC(Oc1cc(C)c(-c2ccc(C(C)=O)cc2)c(C)c1)c1ccc(C(=O)CCCC(=O)O)cc1. The van der Waals surface area contributed by atoms with Crippen molar-refractivity contribution >= 4 is 17.5 Å². The van der Waals surface area contributed by atoms with Gasteiger partial charge in [-0.1, -0.05) is 74.7 Å². The summed E-state index contributed by atoms with van der Waals surface area (Å²) >= 11 is 0. The third kappa shape index (κ3) is 8.64. The number of aryl methyl sites for hydroxylation is 2. The zero-order chi connectivity index (χ0) is 28.4. The normalized spacial score (nSPS) is 11.7. The number of carbonyl (C=O) groups excluding carboxylic acids is 2. The highest BCUT2D eigenvalue weighted by molar-refractivity contribution is 5.96. The Bertz CT molecular complexity index is 1250. The van der Waals surface area contributed by atoms with Gasteiger partial charge in [-0.3, -0.25) is 14.4 Å². The van der Waals surface area contributed by atoms with Gasteiger partial charge in [-0.25, -0.2) is 0 Å². The summed E-state index contributed by atoms with van der Waals surface area (Å²) in [6.07, 6.45) is 5.84. The molecule has 0 spiro atoms. The lowest BCUT2D eigenvalue weighted by atomic mass is 9.94. The standard InChI is InChI=1S/C34H40O5/c1-5-6-7-8-11-32(28-17-15-27(16-18-28)31(36)10-9-12-33(37)38)39-30-21-23(2)34(24(3)22-30)29-19-13-26(14-20-29)25(4)35/h13-22,32H,5-12H2,1-4H3,(H,37,38). The van der Waals surface area contributed by atoms with Crippen molar-refractivity contribution in [3.63, 3.8) is 0 Å². The van der Waals surface area contributed by atoms with Crippen molar-refractivity contribution in [3.05, 3.63) is 88.5 Å². The fourth-order valence-electron chi connectivity index (χ4n) is 4.96. The lowest BCUT2D eigenvalue weighted by Gasteiger charge is -2.22. The van der Waals surface area contributed by atoms with Crippen molar-refractivity contribution < 1.29 is 24.2 Å². The van der Waals surface area contributed by atoms with Gasteiger partial charge in [0.1, 0.15) is 11.9 Å². The summed E-state index contributed by atoms with van der Waals surface area (Å²) in [7, 11) is 0. The largest absolute Gasteiger partial charge is 0.486 e. The first-order chi connectivity index (χ1) is 18.7. The van der Waals surface area contributed by atoms with E-state index in [-0.39, 0.29) is 30.5 Å². The molecule has 3 rings (SSSR count). The zero-order valence-electron chi connectivity index (χ0n) is 23.6. The van der Waals surface area contributed by atoms with Gasteiger partial charge in [-0.2, -0.15) is 0 Å². The number of carboxylic acids is 1. The van der Waals surface area contributed by atoms with E-state index >= 15 is 0 Å². The maximum absolute atomic E-state index is 12.5.